The van der Waals surface area contributed by atoms with E-state index < -0.39 is 0 Å². The van der Waals surface area contributed by atoms with Crippen LogP contribution in [0.4, 0.5) is 0 Å². The zero-order valence-corrected chi connectivity index (χ0v) is 12.9. The fourth-order valence-corrected chi connectivity index (χ4v) is 2.12. The number of benzene rings is 2. The summed E-state index contributed by atoms with van der Waals surface area (Å²) < 4.78 is 0. The van der Waals surface area contributed by atoms with Crippen LogP contribution in [0.5, 0.6) is 0 Å². The molecule has 2 aromatic carbocycles. The summed E-state index contributed by atoms with van der Waals surface area (Å²) in [5.41, 5.74) is 3.56. The molecule has 0 amide bonds. The van der Waals surface area contributed by atoms with Gasteiger partial charge in [0.2, 0.25) is 0 Å². The molecular weight excluding hydrogens is 301 g/mol. The molecule has 0 aliphatic heterocycles. The number of rotatable bonds is 4. The van der Waals surface area contributed by atoms with E-state index in [2.05, 4.69) is 36.5 Å². The van der Waals surface area contributed by atoms with Gasteiger partial charge in [-0.2, -0.15) is 0 Å². The SMILES string of the molecule is Cc1ccc(CNCc2cccc(Cl)c2Cl)cc1.Cl. The Morgan fingerprint density at radius 2 is 1.63 bits per heavy atom. The zero-order valence-electron chi connectivity index (χ0n) is 10.6. The van der Waals surface area contributed by atoms with E-state index in [1.165, 1.54) is 11.1 Å². The second-order valence-corrected chi connectivity index (χ2v) is 5.09. The van der Waals surface area contributed by atoms with Crippen LogP contribution in [0, 0.1) is 6.92 Å². The van der Waals surface area contributed by atoms with Crippen molar-refractivity contribution in [3.63, 3.8) is 0 Å². The van der Waals surface area contributed by atoms with Crippen LogP contribution in [-0.4, -0.2) is 0 Å². The van der Waals surface area contributed by atoms with Gasteiger partial charge in [-0.15, -0.1) is 12.4 Å². The number of aryl methyl sites for hydroxylation is 1. The van der Waals surface area contributed by atoms with Crippen molar-refractivity contribution in [2.24, 2.45) is 0 Å². The summed E-state index contributed by atoms with van der Waals surface area (Å²) in [5.74, 6) is 0. The largest absolute Gasteiger partial charge is 0.309 e. The Kier molecular flexibility index (Phi) is 6.67. The van der Waals surface area contributed by atoms with Gasteiger partial charge in [0.05, 0.1) is 10.0 Å². The smallest absolute Gasteiger partial charge is 0.0637 e. The van der Waals surface area contributed by atoms with Crippen LogP contribution < -0.4 is 5.32 Å². The molecule has 1 N–H and O–H groups in total. The van der Waals surface area contributed by atoms with Gasteiger partial charge < -0.3 is 5.32 Å². The van der Waals surface area contributed by atoms with Gasteiger partial charge in [-0.1, -0.05) is 65.2 Å². The van der Waals surface area contributed by atoms with Crippen LogP contribution in [0.15, 0.2) is 42.5 Å². The third kappa shape index (κ3) is 4.70. The van der Waals surface area contributed by atoms with E-state index in [0.717, 1.165) is 12.1 Å². The highest BCUT2D eigenvalue weighted by molar-refractivity contribution is 6.42. The Balaban J connectivity index is 0.00000180. The molecule has 0 saturated carbocycles. The minimum Gasteiger partial charge on any atom is -0.309 e. The zero-order chi connectivity index (χ0) is 13.0. The number of hydrogen-bond donors (Lipinski definition) is 1. The summed E-state index contributed by atoms with van der Waals surface area (Å²) in [6.07, 6.45) is 0. The Morgan fingerprint density at radius 1 is 0.947 bits per heavy atom. The molecule has 0 aliphatic carbocycles. The van der Waals surface area contributed by atoms with Gasteiger partial charge in [0, 0.05) is 13.1 Å². The average Bonchev–Trinajstić information content (AvgIpc) is 2.37. The fourth-order valence-electron chi connectivity index (χ4n) is 1.73. The van der Waals surface area contributed by atoms with Crippen molar-refractivity contribution in [3.8, 4) is 0 Å². The van der Waals surface area contributed by atoms with Crippen LogP contribution in [0.2, 0.25) is 10.0 Å². The van der Waals surface area contributed by atoms with E-state index >= 15 is 0 Å². The molecule has 4 heteroatoms. The van der Waals surface area contributed by atoms with Crippen LogP contribution in [0.1, 0.15) is 16.7 Å². The lowest BCUT2D eigenvalue weighted by molar-refractivity contribution is 0.693. The average molecular weight is 317 g/mol. The molecule has 0 atom stereocenters. The summed E-state index contributed by atoms with van der Waals surface area (Å²) >= 11 is 12.1. The summed E-state index contributed by atoms with van der Waals surface area (Å²) in [4.78, 5) is 0. The lowest BCUT2D eigenvalue weighted by Gasteiger charge is -2.08. The lowest BCUT2D eigenvalue weighted by Crippen LogP contribution is -2.12. The summed E-state index contributed by atoms with van der Waals surface area (Å²) in [6, 6.07) is 14.2. The van der Waals surface area contributed by atoms with Crippen LogP contribution in [-0.2, 0) is 13.1 Å². The number of nitrogens with one attached hydrogen (secondary N) is 1. The first kappa shape index (κ1) is 16.3. The van der Waals surface area contributed by atoms with Crippen molar-refractivity contribution in [3.05, 3.63) is 69.2 Å². The highest BCUT2D eigenvalue weighted by Gasteiger charge is 2.03. The minimum absolute atomic E-state index is 0. The summed E-state index contributed by atoms with van der Waals surface area (Å²) in [7, 11) is 0. The standard InChI is InChI=1S/C15H15Cl2N.ClH/c1-11-5-7-12(8-6-11)9-18-10-13-3-2-4-14(16)15(13)17;/h2-8,18H,9-10H2,1H3;1H. The van der Waals surface area contributed by atoms with Gasteiger partial charge in [-0.3, -0.25) is 0 Å². The molecule has 0 aliphatic rings. The quantitative estimate of drug-likeness (QED) is 0.835. The van der Waals surface area contributed by atoms with E-state index in [-0.39, 0.29) is 12.4 Å². The Morgan fingerprint density at radius 3 is 2.32 bits per heavy atom. The lowest BCUT2D eigenvalue weighted by atomic mass is 10.1. The molecule has 0 heterocycles. The molecule has 2 aromatic rings. The first-order valence-corrected chi connectivity index (χ1v) is 6.61. The van der Waals surface area contributed by atoms with Crippen LogP contribution in [0.25, 0.3) is 0 Å². The molecule has 0 spiro atoms. The second-order valence-electron chi connectivity index (χ2n) is 4.30. The van der Waals surface area contributed by atoms with E-state index in [1.807, 2.05) is 12.1 Å². The molecule has 0 radical (unpaired) electrons. The molecule has 0 fully saturated rings. The van der Waals surface area contributed by atoms with E-state index in [9.17, 15) is 0 Å². The molecule has 1 nitrogen and oxygen atoms in total. The van der Waals surface area contributed by atoms with E-state index in [4.69, 9.17) is 23.2 Å². The normalized spacial score (nSPS) is 10.1. The highest BCUT2D eigenvalue weighted by Crippen LogP contribution is 2.25. The Labute approximate surface area is 130 Å². The highest BCUT2D eigenvalue weighted by atomic mass is 35.5. The van der Waals surface area contributed by atoms with Crippen molar-refractivity contribution < 1.29 is 0 Å². The van der Waals surface area contributed by atoms with Gasteiger partial charge in [0.25, 0.3) is 0 Å². The summed E-state index contributed by atoms with van der Waals surface area (Å²) in [6.45, 7) is 3.62. The minimum atomic E-state index is 0. The molecule has 2 rings (SSSR count). The first-order valence-electron chi connectivity index (χ1n) is 5.86. The monoisotopic (exact) mass is 315 g/mol. The maximum Gasteiger partial charge on any atom is 0.0637 e. The number of hydrogen-bond acceptors (Lipinski definition) is 1. The van der Waals surface area contributed by atoms with E-state index in [1.54, 1.807) is 6.07 Å². The van der Waals surface area contributed by atoms with Crippen LogP contribution in [0.3, 0.4) is 0 Å². The van der Waals surface area contributed by atoms with Gasteiger partial charge >= 0.3 is 0 Å². The molecule has 19 heavy (non-hydrogen) atoms. The molecule has 0 saturated heterocycles. The molecule has 0 aromatic heterocycles. The third-order valence-corrected chi connectivity index (χ3v) is 3.65. The Bertz CT molecular complexity index is 523. The Hall–Kier alpha value is -0.730. The van der Waals surface area contributed by atoms with Crippen molar-refractivity contribution in [2.75, 3.05) is 0 Å². The van der Waals surface area contributed by atoms with Crippen molar-refractivity contribution >= 4 is 35.6 Å². The second kappa shape index (κ2) is 7.76. The summed E-state index contributed by atoms with van der Waals surface area (Å²) in [5, 5.41) is 4.60. The topological polar surface area (TPSA) is 12.0 Å². The maximum absolute atomic E-state index is 6.12. The van der Waals surface area contributed by atoms with Crippen LogP contribution >= 0.6 is 35.6 Å². The van der Waals surface area contributed by atoms with Crippen molar-refractivity contribution in [1.29, 1.82) is 0 Å². The molecule has 0 bridgehead atoms. The molecule has 0 unspecified atom stereocenters. The van der Waals surface area contributed by atoms with Gasteiger partial charge in [-0.05, 0) is 24.1 Å². The number of halogens is 3. The van der Waals surface area contributed by atoms with Crippen molar-refractivity contribution in [1.82, 2.24) is 5.32 Å². The molecule has 102 valence electrons. The predicted octanol–water partition coefficient (Wildman–Crippen LogP) is 5.01. The molecular formula is C15H16Cl3N. The van der Waals surface area contributed by atoms with E-state index in [0.29, 0.717) is 16.6 Å². The van der Waals surface area contributed by atoms with Gasteiger partial charge in [0.15, 0.2) is 0 Å². The van der Waals surface area contributed by atoms with Crippen molar-refractivity contribution in [2.45, 2.75) is 20.0 Å². The fraction of sp³-hybridized carbons (Fsp3) is 0.200. The third-order valence-electron chi connectivity index (χ3n) is 2.80. The maximum atomic E-state index is 6.12. The first-order chi connectivity index (χ1) is 8.66. The van der Waals surface area contributed by atoms with Gasteiger partial charge in [0.1, 0.15) is 0 Å². The predicted molar refractivity (Wildman–Crippen MR) is 85.4 cm³/mol. The van der Waals surface area contributed by atoms with Gasteiger partial charge in [-0.25, -0.2) is 0 Å².